The highest BCUT2D eigenvalue weighted by Gasteiger charge is 2.19. The Kier molecular flexibility index (Phi) is 6.15. The van der Waals surface area contributed by atoms with Gasteiger partial charge >= 0.3 is 0 Å². The molecule has 0 unspecified atom stereocenters. The van der Waals surface area contributed by atoms with E-state index < -0.39 is 0 Å². The van der Waals surface area contributed by atoms with Gasteiger partial charge in [0.2, 0.25) is 0 Å². The Balaban J connectivity index is 1.22. The van der Waals surface area contributed by atoms with Gasteiger partial charge in [-0.3, -0.25) is 0 Å². The largest absolute Gasteiger partial charge is 0.456 e. The lowest BCUT2D eigenvalue weighted by Gasteiger charge is -2.13. The number of furan rings is 1. The summed E-state index contributed by atoms with van der Waals surface area (Å²) in [5, 5.41) is 8.94. The van der Waals surface area contributed by atoms with Crippen LogP contribution in [0.3, 0.4) is 0 Å². The van der Waals surface area contributed by atoms with Gasteiger partial charge in [-0.2, -0.15) is 0 Å². The highest BCUT2D eigenvalue weighted by Crippen LogP contribution is 2.39. The number of rotatable bonds is 4. The molecule has 2 aromatic heterocycles. The molecule has 0 fully saturated rings. The van der Waals surface area contributed by atoms with Gasteiger partial charge in [0.05, 0.1) is 0 Å². The molecule has 0 aliphatic carbocycles. The number of fused-ring (bicyclic) bond motifs is 6. The maximum Gasteiger partial charge on any atom is 0.164 e. The summed E-state index contributed by atoms with van der Waals surface area (Å²) in [6.07, 6.45) is 0. The van der Waals surface area contributed by atoms with E-state index in [2.05, 4.69) is 133 Å². The molecule has 49 heavy (non-hydrogen) atoms. The van der Waals surface area contributed by atoms with Crippen LogP contribution in [0.4, 0.5) is 0 Å². The Bertz CT molecular complexity index is 2890. The van der Waals surface area contributed by atoms with Crippen LogP contribution in [-0.2, 0) is 0 Å². The minimum atomic E-state index is 0.606. The maximum atomic E-state index is 6.26. The van der Waals surface area contributed by atoms with Crippen molar-refractivity contribution in [2.24, 2.45) is 0 Å². The number of para-hydroxylation sites is 1. The van der Waals surface area contributed by atoms with Crippen molar-refractivity contribution in [2.75, 3.05) is 0 Å². The normalized spacial score (nSPS) is 11.7. The van der Waals surface area contributed by atoms with Gasteiger partial charge in [0.15, 0.2) is 17.5 Å². The van der Waals surface area contributed by atoms with Crippen LogP contribution in [0.25, 0.3) is 99.5 Å². The Morgan fingerprint density at radius 2 is 0.796 bits per heavy atom. The van der Waals surface area contributed by atoms with E-state index in [4.69, 9.17) is 19.4 Å². The molecule has 0 amide bonds. The molecule has 10 aromatic rings. The second kappa shape index (κ2) is 11.0. The lowest BCUT2D eigenvalue weighted by Crippen LogP contribution is -2.01. The topological polar surface area (TPSA) is 51.8 Å². The molecule has 0 aliphatic rings. The fourth-order valence-electron chi connectivity index (χ4n) is 7.24. The van der Waals surface area contributed by atoms with Gasteiger partial charge in [0.25, 0.3) is 0 Å². The maximum absolute atomic E-state index is 6.26. The first-order valence-electron chi connectivity index (χ1n) is 16.4. The Morgan fingerprint density at radius 1 is 0.327 bits per heavy atom. The third-order valence-corrected chi connectivity index (χ3v) is 9.53. The molecule has 0 bridgehead atoms. The average Bonchev–Trinajstić information content (AvgIpc) is 3.56. The first kappa shape index (κ1) is 27.5. The van der Waals surface area contributed by atoms with Gasteiger partial charge in [-0.1, -0.05) is 146 Å². The highest BCUT2D eigenvalue weighted by atomic mass is 16.3. The molecule has 0 saturated heterocycles. The van der Waals surface area contributed by atoms with E-state index in [1.165, 1.54) is 21.9 Å². The lowest BCUT2D eigenvalue weighted by atomic mass is 9.95. The van der Waals surface area contributed by atoms with Crippen molar-refractivity contribution in [2.45, 2.75) is 0 Å². The summed E-state index contributed by atoms with van der Waals surface area (Å²) in [4.78, 5) is 15.6. The minimum Gasteiger partial charge on any atom is -0.456 e. The molecular formula is C45H27N3O. The van der Waals surface area contributed by atoms with E-state index in [9.17, 15) is 0 Å². The van der Waals surface area contributed by atoms with Crippen molar-refractivity contribution < 1.29 is 4.42 Å². The van der Waals surface area contributed by atoms with E-state index in [0.717, 1.165) is 60.2 Å². The summed E-state index contributed by atoms with van der Waals surface area (Å²) in [6.45, 7) is 0. The van der Waals surface area contributed by atoms with Gasteiger partial charge < -0.3 is 4.42 Å². The fraction of sp³-hybridized carbons (Fsp3) is 0. The van der Waals surface area contributed by atoms with E-state index >= 15 is 0 Å². The Morgan fingerprint density at radius 3 is 1.51 bits per heavy atom. The SMILES string of the molecule is c1ccc2c(-c3ccc4c(-c5nc(-c6cccc7ccccc67)nc(-c6cccc7oc8ccccc8c67)n5)cccc4c3)cccc2c1. The second-order valence-corrected chi connectivity index (χ2v) is 12.4. The summed E-state index contributed by atoms with van der Waals surface area (Å²) < 4.78 is 6.26. The van der Waals surface area contributed by atoms with Crippen LogP contribution in [0.1, 0.15) is 0 Å². The quantitative estimate of drug-likeness (QED) is 0.195. The van der Waals surface area contributed by atoms with Crippen LogP contribution >= 0.6 is 0 Å². The molecule has 0 atom stereocenters. The van der Waals surface area contributed by atoms with Gasteiger partial charge in [-0.15, -0.1) is 0 Å². The third-order valence-electron chi connectivity index (χ3n) is 9.53. The first-order valence-corrected chi connectivity index (χ1v) is 16.4. The van der Waals surface area contributed by atoms with Crippen LogP contribution < -0.4 is 0 Å². The Labute approximate surface area is 282 Å². The number of aromatic nitrogens is 3. The Hall–Kier alpha value is -6.65. The van der Waals surface area contributed by atoms with Crippen molar-refractivity contribution >= 4 is 54.3 Å². The molecule has 8 aromatic carbocycles. The number of hydrogen-bond acceptors (Lipinski definition) is 4. The summed E-state index contributed by atoms with van der Waals surface area (Å²) in [5.74, 6) is 1.86. The second-order valence-electron chi connectivity index (χ2n) is 12.4. The molecule has 0 aliphatic heterocycles. The summed E-state index contributed by atoms with van der Waals surface area (Å²) in [6, 6.07) is 57.0. The van der Waals surface area contributed by atoms with Crippen LogP contribution in [0.2, 0.25) is 0 Å². The van der Waals surface area contributed by atoms with Crippen LogP contribution in [0.15, 0.2) is 168 Å². The molecule has 10 rings (SSSR count). The molecule has 0 N–H and O–H groups in total. The van der Waals surface area contributed by atoms with Gasteiger partial charge in [-0.05, 0) is 61.6 Å². The zero-order chi connectivity index (χ0) is 32.3. The van der Waals surface area contributed by atoms with Crippen LogP contribution in [0, 0.1) is 0 Å². The van der Waals surface area contributed by atoms with E-state index in [-0.39, 0.29) is 0 Å². The van der Waals surface area contributed by atoms with E-state index in [1.54, 1.807) is 0 Å². The van der Waals surface area contributed by atoms with Crippen LogP contribution in [0.5, 0.6) is 0 Å². The zero-order valence-corrected chi connectivity index (χ0v) is 26.3. The van der Waals surface area contributed by atoms with Gasteiger partial charge in [-0.25, -0.2) is 15.0 Å². The molecular weight excluding hydrogens is 599 g/mol. The predicted molar refractivity (Wildman–Crippen MR) is 201 cm³/mol. The predicted octanol–water partition coefficient (Wildman–Crippen LogP) is 11.9. The van der Waals surface area contributed by atoms with Gasteiger partial charge in [0, 0.05) is 27.5 Å². The molecule has 228 valence electrons. The molecule has 0 saturated carbocycles. The van der Waals surface area contributed by atoms with Gasteiger partial charge in [0.1, 0.15) is 11.2 Å². The zero-order valence-electron chi connectivity index (χ0n) is 26.3. The highest BCUT2D eigenvalue weighted by molar-refractivity contribution is 6.12. The molecule has 4 nitrogen and oxygen atoms in total. The summed E-state index contributed by atoms with van der Waals surface area (Å²) in [5.41, 5.74) is 6.86. The van der Waals surface area contributed by atoms with Crippen molar-refractivity contribution in [3.8, 4) is 45.3 Å². The molecule has 2 heterocycles. The molecule has 0 radical (unpaired) electrons. The lowest BCUT2D eigenvalue weighted by molar-refractivity contribution is 0.669. The van der Waals surface area contributed by atoms with Crippen molar-refractivity contribution in [1.82, 2.24) is 15.0 Å². The number of nitrogens with zero attached hydrogens (tertiary/aromatic N) is 3. The van der Waals surface area contributed by atoms with Crippen molar-refractivity contribution in [3.05, 3.63) is 164 Å². The smallest absolute Gasteiger partial charge is 0.164 e. The molecule has 4 heteroatoms. The monoisotopic (exact) mass is 625 g/mol. The summed E-state index contributed by atoms with van der Waals surface area (Å²) >= 11 is 0. The first-order chi connectivity index (χ1) is 24.3. The molecule has 0 spiro atoms. The van der Waals surface area contributed by atoms with Crippen molar-refractivity contribution in [3.63, 3.8) is 0 Å². The third kappa shape index (κ3) is 4.49. The number of benzene rings is 8. The average molecular weight is 626 g/mol. The fourth-order valence-corrected chi connectivity index (χ4v) is 7.24. The van der Waals surface area contributed by atoms with E-state index in [0.29, 0.717) is 17.5 Å². The van der Waals surface area contributed by atoms with Crippen molar-refractivity contribution in [1.29, 1.82) is 0 Å². The number of hydrogen-bond donors (Lipinski definition) is 0. The standard InChI is InChI=1S/C45H27N3O/c1-3-16-32-28(11-1)13-7-19-34(32)31-25-26-35-30(27-31)15-9-21-37(35)44-46-43(36-20-8-14-29-12-2-4-17-33(29)36)47-45(48-44)39-22-10-24-41-42(39)38-18-5-6-23-40(38)49-41/h1-27H. The van der Waals surface area contributed by atoms with E-state index in [1.807, 2.05) is 30.3 Å². The minimum absolute atomic E-state index is 0.606. The summed E-state index contributed by atoms with van der Waals surface area (Å²) in [7, 11) is 0. The van der Waals surface area contributed by atoms with Crippen LogP contribution in [-0.4, -0.2) is 15.0 Å².